The first-order valence-electron chi connectivity index (χ1n) is 35.9. The van der Waals surface area contributed by atoms with Crippen LogP contribution in [0.25, 0.3) is 0 Å². The lowest BCUT2D eigenvalue weighted by Gasteiger charge is -2.22. The zero-order chi connectivity index (χ0) is 56.4. The SMILES string of the molecule is CCCCCCCC/C=C\CCCCCCCC(=O)OCCCCCCCCCCCCCCCCCCCCCCCCCCCCCCCCCCCC(=O)NC(CO)C(O)CCCCCCCCCCCCCCC. The lowest BCUT2D eigenvalue weighted by Crippen LogP contribution is -2.45. The fraction of sp³-hybridized carbons (Fsp3) is 0.944. The summed E-state index contributed by atoms with van der Waals surface area (Å²) in [6, 6.07) is -0.536. The average molecular weight is 1100 g/mol. The molecule has 0 rings (SSSR count). The van der Waals surface area contributed by atoms with Crippen LogP contribution < -0.4 is 5.32 Å². The summed E-state index contributed by atoms with van der Waals surface area (Å²) in [6.07, 6.45) is 84.2. The van der Waals surface area contributed by atoms with E-state index in [9.17, 15) is 19.8 Å². The highest BCUT2D eigenvalue weighted by Crippen LogP contribution is 2.19. The average Bonchev–Trinajstić information content (AvgIpc) is 3.44. The molecular formula is C72H141NO5. The lowest BCUT2D eigenvalue weighted by molar-refractivity contribution is -0.143. The van der Waals surface area contributed by atoms with Crippen LogP contribution in [0.4, 0.5) is 0 Å². The number of nitrogens with one attached hydrogen (secondary N) is 1. The van der Waals surface area contributed by atoms with Crippen molar-refractivity contribution in [1.29, 1.82) is 0 Å². The second-order valence-corrected chi connectivity index (χ2v) is 24.9. The molecule has 0 aliphatic rings. The molecule has 2 atom stereocenters. The van der Waals surface area contributed by atoms with Crippen LogP contribution >= 0.6 is 0 Å². The van der Waals surface area contributed by atoms with Gasteiger partial charge in [-0.15, -0.1) is 0 Å². The smallest absolute Gasteiger partial charge is 0.305 e. The van der Waals surface area contributed by atoms with Gasteiger partial charge in [0.15, 0.2) is 0 Å². The van der Waals surface area contributed by atoms with Crippen molar-refractivity contribution < 1.29 is 24.5 Å². The van der Waals surface area contributed by atoms with Crippen molar-refractivity contribution in [3.8, 4) is 0 Å². The normalized spacial score (nSPS) is 12.5. The highest BCUT2D eigenvalue weighted by molar-refractivity contribution is 5.76. The second kappa shape index (κ2) is 68.1. The number of carbonyl (C=O) groups is 2. The molecule has 1 amide bonds. The zero-order valence-corrected chi connectivity index (χ0v) is 53.2. The van der Waals surface area contributed by atoms with E-state index >= 15 is 0 Å². The van der Waals surface area contributed by atoms with Gasteiger partial charge in [0.05, 0.1) is 25.4 Å². The molecule has 0 aromatic carbocycles. The Morgan fingerprint density at radius 3 is 0.910 bits per heavy atom. The molecule has 0 aromatic rings. The minimum absolute atomic E-state index is 0.0146. The Labute approximate surface area is 489 Å². The van der Waals surface area contributed by atoms with E-state index in [1.165, 1.54) is 334 Å². The topological polar surface area (TPSA) is 95.9 Å². The number of amides is 1. The van der Waals surface area contributed by atoms with Crippen LogP contribution in [0.15, 0.2) is 12.2 Å². The molecule has 6 nitrogen and oxygen atoms in total. The van der Waals surface area contributed by atoms with Crippen LogP contribution in [0.3, 0.4) is 0 Å². The quantitative estimate of drug-likeness (QED) is 0.0320. The minimum atomic E-state index is -0.659. The maximum Gasteiger partial charge on any atom is 0.305 e. The number of esters is 1. The molecule has 0 saturated carbocycles. The van der Waals surface area contributed by atoms with Gasteiger partial charge in [-0.1, -0.05) is 360 Å². The highest BCUT2D eigenvalue weighted by Gasteiger charge is 2.20. The molecule has 0 fully saturated rings. The van der Waals surface area contributed by atoms with E-state index < -0.39 is 12.1 Å². The molecule has 0 bridgehead atoms. The largest absolute Gasteiger partial charge is 0.466 e. The van der Waals surface area contributed by atoms with E-state index in [-0.39, 0.29) is 18.5 Å². The number of allylic oxidation sites excluding steroid dienone is 2. The molecule has 0 aliphatic carbocycles. The maximum atomic E-state index is 12.5. The first-order valence-corrected chi connectivity index (χ1v) is 35.9. The lowest BCUT2D eigenvalue weighted by atomic mass is 10.0. The van der Waals surface area contributed by atoms with Crippen molar-refractivity contribution in [2.45, 2.75) is 424 Å². The Hall–Kier alpha value is -1.40. The van der Waals surface area contributed by atoms with Gasteiger partial charge in [-0.05, 0) is 51.4 Å². The van der Waals surface area contributed by atoms with Crippen molar-refractivity contribution in [2.75, 3.05) is 13.2 Å². The zero-order valence-electron chi connectivity index (χ0n) is 53.2. The van der Waals surface area contributed by atoms with Crippen molar-refractivity contribution >= 4 is 11.9 Å². The number of hydrogen-bond acceptors (Lipinski definition) is 5. The maximum absolute atomic E-state index is 12.5. The third-order valence-electron chi connectivity index (χ3n) is 17.1. The fourth-order valence-corrected chi connectivity index (χ4v) is 11.6. The van der Waals surface area contributed by atoms with Crippen LogP contribution in [0.5, 0.6) is 0 Å². The van der Waals surface area contributed by atoms with E-state index in [4.69, 9.17) is 4.74 Å². The molecule has 6 heteroatoms. The number of hydrogen-bond donors (Lipinski definition) is 3. The molecule has 78 heavy (non-hydrogen) atoms. The molecular weight excluding hydrogens is 959 g/mol. The van der Waals surface area contributed by atoms with Gasteiger partial charge in [0.2, 0.25) is 5.91 Å². The first-order chi connectivity index (χ1) is 38.5. The predicted octanol–water partition coefficient (Wildman–Crippen LogP) is 23.1. The first kappa shape index (κ1) is 76.6. The number of rotatable bonds is 68. The molecule has 0 heterocycles. The summed E-state index contributed by atoms with van der Waals surface area (Å²) >= 11 is 0. The molecule has 0 aromatic heterocycles. The van der Waals surface area contributed by atoms with Crippen LogP contribution in [0.2, 0.25) is 0 Å². The van der Waals surface area contributed by atoms with E-state index in [1.54, 1.807) is 0 Å². The summed E-state index contributed by atoms with van der Waals surface area (Å²) in [6.45, 7) is 4.98. The summed E-state index contributed by atoms with van der Waals surface area (Å²) in [5, 5.41) is 23.3. The molecule has 0 spiro atoms. The van der Waals surface area contributed by atoms with Crippen molar-refractivity contribution in [1.82, 2.24) is 5.32 Å². The summed E-state index contributed by atoms with van der Waals surface area (Å²) in [5.41, 5.74) is 0. The van der Waals surface area contributed by atoms with Gasteiger partial charge < -0.3 is 20.3 Å². The summed E-state index contributed by atoms with van der Waals surface area (Å²) in [7, 11) is 0. The van der Waals surface area contributed by atoms with Crippen LogP contribution in [-0.4, -0.2) is 47.4 Å². The predicted molar refractivity (Wildman–Crippen MR) is 343 cm³/mol. The Balaban J connectivity index is 3.29. The van der Waals surface area contributed by atoms with Gasteiger partial charge in [-0.2, -0.15) is 0 Å². The Kier molecular flexibility index (Phi) is 66.9. The Bertz CT molecular complexity index is 1180. The third-order valence-corrected chi connectivity index (χ3v) is 17.1. The number of aliphatic hydroxyl groups is 2. The monoisotopic (exact) mass is 1100 g/mol. The summed E-state index contributed by atoms with van der Waals surface area (Å²) < 4.78 is 5.50. The minimum Gasteiger partial charge on any atom is -0.466 e. The second-order valence-electron chi connectivity index (χ2n) is 24.9. The number of aliphatic hydroxyl groups excluding tert-OH is 2. The molecule has 3 N–H and O–H groups in total. The molecule has 0 saturated heterocycles. The number of carbonyl (C=O) groups excluding carboxylic acids is 2. The van der Waals surface area contributed by atoms with Gasteiger partial charge in [0.1, 0.15) is 0 Å². The number of unbranched alkanes of at least 4 members (excludes halogenated alkanes) is 55. The van der Waals surface area contributed by atoms with Crippen LogP contribution in [0, 0.1) is 0 Å². The van der Waals surface area contributed by atoms with Gasteiger partial charge in [0, 0.05) is 12.8 Å². The van der Waals surface area contributed by atoms with E-state index in [0.717, 1.165) is 44.9 Å². The molecule has 0 aliphatic heterocycles. The van der Waals surface area contributed by atoms with Crippen LogP contribution in [-0.2, 0) is 14.3 Å². The van der Waals surface area contributed by atoms with Crippen molar-refractivity contribution in [3.05, 3.63) is 12.2 Å². The molecule has 2 unspecified atom stereocenters. The van der Waals surface area contributed by atoms with E-state index in [2.05, 4.69) is 31.3 Å². The highest BCUT2D eigenvalue weighted by atomic mass is 16.5. The standard InChI is InChI=1S/C72H141NO5/c1-3-5-7-9-11-13-15-17-37-42-46-50-54-58-62-66-72(77)78-67-63-59-55-51-47-43-39-36-34-32-30-28-26-24-22-20-18-19-21-23-25-27-29-31-33-35-38-41-45-49-53-57-61-65-71(76)73-69(68-74)70(75)64-60-56-52-48-44-40-16-14-12-10-8-6-4-2/h17,37,69-70,74-75H,3-16,18-36,38-68H2,1-2H3,(H,73,76)/b37-17-. The van der Waals surface area contributed by atoms with Gasteiger partial charge in [0.25, 0.3) is 0 Å². The van der Waals surface area contributed by atoms with Gasteiger partial charge in [-0.25, -0.2) is 0 Å². The summed E-state index contributed by atoms with van der Waals surface area (Å²) in [5.74, 6) is -0.0131. The Morgan fingerprint density at radius 2 is 0.603 bits per heavy atom. The van der Waals surface area contributed by atoms with Crippen molar-refractivity contribution in [3.63, 3.8) is 0 Å². The summed E-state index contributed by atoms with van der Waals surface area (Å²) in [4.78, 5) is 24.6. The third kappa shape index (κ3) is 63.8. The Morgan fingerprint density at radius 1 is 0.346 bits per heavy atom. The molecule has 464 valence electrons. The van der Waals surface area contributed by atoms with Gasteiger partial charge in [-0.3, -0.25) is 9.59 Å². The van der Waals surface area contributed by atoms with E-state index in [1.807, 2.05) is 0 Å². The van der Waals surface area contributed by atoms with Crippen molar-refractivity contribution in [2.24, 2.45) is 0 Å². The van der Waals surface area contributed by atoms with Gasteiger partial charge >= 0.3 is 5.97 Å². The molecule has 0 radical (unpaired) electrons. The fourth-order valence-electron chi connectivity index (χ4n) is 11.6. The van der Waals surface area contributed by atoms with Crippen LogP contribution in [0.1, 0.15) is 412 Å². The van der Waals surface area contributed by atoms with E-state index in [0.29, 0.717) is 25.9 Å². The number of ether oxygens (including phenoxy) is 1.